The molecule has 1 rings (SSSR count). The fourth-order valence-electron chi connectivity index (χ4n) is 2.18. The van der Waals surface area contributed by atoms with E-state index in [-0.39, 0.29) is 12.0 Å². The SMILES string of the molecule is CS[C@H]1CCC[C@@H](NC(=O)CCOC(C)C)C1. The molecule has 0 aromatic rings. The van der Waals surface area contributed by atoms with Crippen molar-refractivity contribution in [1.82, 2.24) is 5.32 Å². The van der Waals surface area contributed by atoms with Crippen LogP contribution in [-0.2, 0) is 9.53 Å². The molecule has 17 heavy (non-hydrogen) atoms. The molecule has 1 N–H and O–H groups in total. The Labute approximate surface area is 109 Å². The van der Waals surface area contributed by atoms with E-state index in [4.69, 9.17) is 4.74 Å². The lowest BCUT2D eigenvalue weighted by Gasteiger charge is -2.28. The minimum Gasteiger partial charge on any atom is -0.378 e. The van der Waals surface area contributed by atoms with Gasteiger partial charge in [-0.25, -0.2) is 0 Å². The summed E-state index contributed by atoms with van der Waals surface area (Å²) in [6.07, 6.45) is 7.64. The lowest BCUT2D eigenvalue weighted by atomic mass is 9.95. The van der Waals surface area contributed by atoms with Crippen LogP contribution in [0.5, 0.6) is 0 Å². The molecule has 2 atom stereocenters. The van der Waals surface area contributed by atoms with Crippen molar-refractivity contribution in [2.45, 2.75) is 63.3 Å². The number of rotatable bonds is 6. The molecular formula is C13H25NO2S. The Hall–Kier alpha value is -0.220. The van der Waals surface area contributed by atoms with Crippen LogP contribution in [0.3, 0.4) is 0 Å². The summed E-state index contributed by atoms with van der Waals surface area (Å²) in [6, 6.07) is 0.382. The fraction of sp³-hybridized carbons (Fsp3) is 0.923. The summed E-state index contributed by atoms with van der Waals surface area (Å²) in [6.45, 7) is 4.51. The van der Waals surface area contributed by atoms with Crippen LogP contribution in [0.25, 0.3) is 0 Å². The van der Waals surface area contributed by atoms with Gasteiger partial charge in [-0.3, -0.25) is 4.79 Å². The highest BCUT2D eigenvalue weighted by Crippen LogP contribution is 2.26. The summed E-state index contributed by atoms with van der Waals surface area (Å²) >= 11 is 1.92. The van der Waals surface area contributed by atoms with Gasteiger partial charge in [-0.05, 0) is 39.4 Å². The quantitative estimate of drug-likeness (QED) is 0.797. The first-order chi connectivity index (χ1) is 8.11. The molecule has 100 valence electrons. The second kappa shape index (κ2) is 7.98. The zero-order valence-electron chi connectivity index (χ0n) is 11.2. The molecule has 4 heteroatoms. The van der Waals surface area contributed by atoms with Crippen molar-refractivity contribution < 1.29 is 9.53 Å². The lowest BCUT2D eigenvalue weighted by Crippen LogP contribution is -2.39. The molecule has 0 radical (unpaired) electrons. The van der Waals surface area contributed by atoms with Gasteiger partial charge in [0, 0.05) is 17.7 Å². The first kappa shape index (κ1) is 14.8. The van der Waals surface area contributed by atoms with Gasteiger partial charge in [0.1, 0.15) is 0 Å². The highest BCUT2D eigenvalue weighted by Gasteiger charge is 2.22. The van der Waals surface area contributed by atoms with Crippen molar-refractivity contribution >= 4 is 17.7 Å². The maximum atomic E-state index is 11.7. The van der Waals surface area contributed by atoms with E-state index in [1.54, 1.807) is 0 Å². The van der Waals surface area contributed by atoms with E-state index in [0.717, 1.165) is 18.1 Å². The highest BCUT2D eigenvalue weighted by molar-refractivity contribution is 7.99. The van der Waals surface area contributed by atoms with Crippen molar-refractivity contribution in [2.24, 2.45) is 0 Å². The van der Waals surface area contributed by atoms with Gasteiger partial charge in [-0.15, -0.1) is 0 Å². The lowest BCUT2D eigenvalue weighted by molar-refractivity contribution is -0.123. The molecule has 0 unspecified atom stereocenters. The van der Waals surface area contributed by atoms with E-state index in [1.807, 2.05) is 25.6 Å². The monoisotopic (exact) mass is 259 g/mol. The van der Waals surface area contributed by atoms with E-state index in [9.17, 15) is 4.79 Å². The number of amides is 1. The van der Waals surface area contributed by atoms with Crippen molar-refractivity contribution in [1.29, 1.82) is 0 Å². The molecule has 0 saturated heterocycles. The van der Waals surface area contributed by atoms with Gasteiger partial charge in [-0.2, -0.15) is 11.8 Å². The van der Waals surface area contributed by atoms with Crippen LogP contribution in [-0.4, -0.2) is 36.2 Å². The van der Waals surface area contributed by atoms with Crippen LogP contribution < -0.4 is 5.32 Å². The van der Waals surface area contributed by atoms with Crippen molar-refractivity contribution in [2.75, 3.05) is 12.9 Å². The maximum Gasteiger partial charge on any atom is 0.222 e. The highest BCUT2D eigenvalue weighted by atomic mass is 32.2. The number of hydrogen-bond acceptors (Lipinski definition) is 3. The van der Waals surface area contributed by atoms with Crippen molar-refractivity contribution in [3.63, 3.8) is 0 Å². The van der Waals surface area contributed by atoms with Gasteiger partial charge < -0.3 is 10.1 Å². The molecule has 0 aromatic heterocycles. The summed E-state index contributed by atoms with van der Waals surface area (Å²) in [5, 5.41) is 3.85. The second-order valence-electron chi connectivity index (χ2n) is 4.96. The minimum atomic E-state index is 0.136. The largest absolute Gasteiger partial charge is 0.378 e. The number of ether oxygens (including phenoxy) is 1. The first-order valence-electron chi connectivity index (χ1n) is 6.55. The summed E-state index contributed by atoms with van der Waals surface area (Å²) < 4.78 is 5.38. The molecule has 1 amide bonds. The average molecular weight is 259 g/mol. The molecule has 0 aliphatic heterocycles. The minimum absolute atomic E-state index is 0.136. The van der Waals surface area contributed by atoms with Crippen LogP contribution in [0.1, 0.15) is 46.0 Å². The zero-order chi connectivity index (χ0) is 12.7. The molecule has 1 fully saturated rings. The van der Waals surface area contributed by atoms with E-state index in [2.05, 4.69) is 11.6 Å². The molecular weight excluding hydrogens is 234 g/mol. The van der Waals surface area contributed by atoms with Gasteiger partial charge in [0.15, 0.2) is 0 Å². The van der Waals surface area contributed by atoms with Gasteiger partial charge in [0.25, 0.3) is 0 Å². The third-order valence-corrected chi connectivity index (χ3v) is 4.20. The van der Waals surface area contributed by atoms with Gasteiger partial charge >= 0.3 is 0 Å². The smallest absolute Gasteiger partial charge is 0.222 e. The molecule has 1 aliphatic rings. The fourth-order valence-corrected chi connectivity index (χ4v) is 3.00. The van der Waals surface area contributed by atoms with Crippen LogP contribution in [0.4, 0.5) is 0 Å². The second-order valence-corrected chi connectivity index (χ2v) is 6.10. The number of nitrogens with one attached hydrogen (secondary N) is 1. The Bertz CT molecular complexity index is 233. The van der Waals surface area contributed by atoms with Crippen LogP contribution in [0.2, 0.25) is 0 Å². The molecule has 1 aliphatic carbocycles. The van der Waals surface area contributed by atoms with Crippen LogP contribution in [0.15, 0.2) is 0 Å². The van der Waals surface area contributed by atoms with Gasteiger partial charge in [0.2, 0.25) is 5.91 Å². The predicted octanol–water partition coefficient (Wildman–Crippen LogP) is 2.59. The van der Waals surface area contributed by atoms with Crippen LogP contribution in [0, 0.1) is 0 Å². The Morgan fingerprint density at radius 3 is 2.88 bits per heavy atom. The Morgan fingerprint density at radius 2 is 2.24 bits per heavy atom. The zero-order valence-corrected chi connectivity index (χ0v) is 12.0. The van der Waals surface area contributed by atoms with Gasteiger partial charge in [0.05, 0.1) is 12.7 Å². The molecule has 0 spiro atoms. The third kappa shape index (κ3) is 6.32. The van der Waals surface area contributed by atoms with E-state index in [0.29, 0.717) is 19.1 Å². The average Bonchev–Trinajstić information content (AvgIpc) is 2.28. The van der Waals surface area contributed by atoms with Gasteiger partial charge in [-0.1, -0.05) is 6.42 Å². The first-order valence-corrected chi connectivity index (χ1v) is 7.84. The normalized spacial score (nSPS) is 24.9. The topological polar surface area (TPSA) is 38.3 Å². The molecule has 0 heterocycles. The van der Waals surface area contributed by atoms with E-state index < -0.39 is 0 Å². The Kier molecular flexibility index (Phi) is 6.97. The standard InChI is InChI=1S/C13H25NO2S/c1-10(2)16-8-7-13(15)14-11-5-4-6-12(9-11)17-3/h10-12H,4-9H2,1-3H3,(H,14,15)/t11-,12+/m1/s1. The van der Waals surface area contributed by atoms with E-state index >= 15 is 0 Å². The number of carbonyl (C=O) groups is 1. The van der Waals surface area contributed by atoms with Crippen molar-refractivity contribution in [3.05, 3.63) is 0 Å². The molecule has 0 aromatic carbocycles. The summed E-state index contributed by atoms with van der Waals surface area (Å²) in [5.74, 6) is 0.136. The summed E-state index contributed by atoms with van der Waals surface area (Å²) in [5.41, 5.74) is 0. The van der Waals surface area contributed by atoms with E-state index in [1.165, 1.54) is 12.8 Å². The molecule has 0 bridgehead atoms. The molecule has 3 nitrogen and oxygen atoms in total. The number of hydrogen-bond donors (Lipinski definition) is 1. The van der Waals surface area contributed by atoms with Crippen molar-refractivity contribution in [3.8, 4) is 0 Å². The summed E-state index contributed by atoms with van der Waals surface area (Å²) in [4.78, 5) is 11.7. The summed E-state index contributed by atoms with van der Waals surface area (Å²) in [7, 11) is 0. The Balaban J connectivity index is 2.17. The Morgan fingerprint density at radius 1 is 1.47 bits per heavy atom. The predicted molar refractivity (Wildman–Crippen MR) is 73.4 cm³/mol. The third-order valence-electron chi connectivity index (χ3n) is 3.10. The number of carbonyl (C=O) groups excluding carboxylic acids is 1. The molecule has 1 saturated carbocycles. The maximum absolute atomic E-state index is 11.7. The number of thioether (sulfide) groups is 1. The van der Waals surface area contributed by atoms with Crippen LogP contribution >= 0.6 is 11.8 Å².